The third kappa shape index (κ3) is 3.15. The third-order valence-electron chi connectivity index (χ3n) is 4.84. The van der Waals surface area contributed by atoms with Crippen LogP contribution in [0.15, 0.2) is 53.7 Å². The summed E-state index contributed by atoms with van der Waals surface area (Å²) in [5, 5.41) is 0. The van der Waals surface area contributed by atoms with Crippen LogP contribution in [0.2, 0.25) is 0 Å². The van der Waals surface area contributed by atoms with Crippen LogP contribution >= 0.6 is 0 Å². The van der Waals surface area contributed by atoms with E-state index in [4.69, 9.17) is 4.74 Å². The molecule has 2 aromatic rings. The number of para-hydroxylation sites is 1. The Morgan fingerprint density at radius 3 is 2.68 bits per heavy atom. The number of sulfonamides is 1. The maximum absolute atomic E-state index is 13.1. The molecule has 1 atom stereocenters. The Kier molecular flexibility index (Phi) is 4.45. The zero-order chi connectivity index (χ0) is 17.3. The summed E-state index contributed by atoms with van der Waals surface area (Å²) >= 11 is 0. The van der Waals surface area contributed by atoms with E-state index in [0.717, 1.165) is 44.1 Å². The molecular weight excluding hydrogens is 338 g/mol. The van der Waals surface area contributed by atoms with Gasteiger partial charge in [0.15, 0.2) is 0 Å². The minimum atomic E-state index is -3.60. The lowest BCUT2D eigenvalue weighted by molar-refractivity contribution is 0.0357. The minimum Gasteiger partial charge on any atom is -0.379 e. The van der Waals surface area contributed by atoms with Crippen molar-refractivity contribution in [3.05, 3.63) is 54.4 Å². The number of fused-ring (bicyclic) bond motifs is 1. The van der Waals surface area contributed by atoms with Crippen LogP contribution in [-0.2, 0) is 14.8 Å². The summed E-state index contributed by atoms with van der Waals surface area (Å²) in [6.45, 7) is 4.59. The van der Waals surface area contributed by atoms with Gasteiger partial charge in [-0.05, 0) is 23.8 Å². The van der Waals surface area contributed by atoms with E-state index >= 15 is 0 Å². The van der Waals surface area contributed by atoms with Gasteiger partial charge in [-0.15, -0.1) is 0 Å². The lowest BCUT2D eigenvalue weighted by atomic mass is 10.0. The van der Waals surface area contributed by atoms with Gasteiger partial charge in [0.25, 0.3) is 10.0 Å². The average molecular weight is 359 g/mol. The van der Waals surface area contributed by atoms with Crippen molar-refractivity contribution in [3.63, 3.8) is 0 Å². The molecule has 0 unspecified atom stereocenters. The number of hydrogen-bond acceptors (Lipinski definition) is 5. The van der Waals surface area contributed by atoms with Gasteiger partial charge in [-0.3, -0.25) is 14.2 Å². The first-order chi connectivity index (χ1) is 12.2. The van der Waals surface area contributed by atoms with E-state index in [0.29, 0.717) is 6.54 Å². The van der Waals surface area contributed by atoms with Crippen LogP contribution < -0.4 is 4.31 Å². The van der Waals surface area contributed by atoms with Crippen LogP contribution in [0.3, 0.4) is 0 Å². The summed E-state index contributed by atoms with van der Waals surface area (Å²) in [6.07, 6.45) is 2.99. The van der Waals surface area contributed by atoms with E-state index in [9.17, 15) is 8.42 Å². The topological polar surface area (TPSA) is 62.7 Å². The van der Waals surface area contributed by atoms with E-state index in [1.165, 1.54) is 10.5 Å². The van der Waals surface area contributed by atoms with Gasteiger partial charge in [-0.2, -0.15) is 0 Å². The highest BCUT2D eigenvalue weighted by Gasteiger charge is 2.37. The second-order valence-electron chi connectivity index (χ2n) is 6.39. The molecule has 0 N–H and O–H groups in total. The number of aromatic nitrogens is 1. The minimum absolute atomic E-state index is 0.167. The van der Waals surface area contributed by atoms with Crippen LogP contribution in [-0.4, -0.2) is 57.7 Å². The Bertz CT molecular complexity index is 836. The summed E-state index contributed by atoms with van der Waals surface area (Å²) in [7, 11) is -3.60. The van der Waals surface area contributed by atoms with Crippen molar-refractivity contribution in [1.29, 1.82) is 0 Å². The largest absolute Gasteiger partial charge is 0.379 e. The Morgan fingerprint density at radius 1 is 1.12 bits per heavy atom. The molecule has 0 aliphatic carbocycles. The molecule has 1 fully saturated rings. The van der Waals surface area contributed by atoms with Crippen molar-refractivity contribution in [2.45, 2.75) is 10.8 Å². The lowest BCUT2D eigenvalue weighted by Crippen LogP contribution is -2.40. The van der Waals surface area contributed by atoms with Gasteiger partial charge in [-0.1, -0.05) is 18.2 Å². The van der Waals surface area contributed by atoms with Crippen LogP contribution in [0.5, 0.6) is 0 Å². The van der Waals surface area contributed by atoms with Crippen LogP contribution in [0.25, 0.3) is 0 Å². The quantitative estimate of drug-likeness (QED) is 0.832. The SMILES string of the molecule is O=S(=O)(c1cccnc1)N1C[C@H](CN2CCOCC2)c2ccccc21. The standard InChI is InChI=1S/C18H21N3O3S/c22-25(23,16-4-3-7-19-12-16)21-14-15(13-20-8-10-24-11-9-20)17-5-1-2-6-18(17)21/h1-7,12,15H,8-11,13-14H2/t15-/m0/s1. The smallest absolute Gasteiger partial charge is 0.265 e. The number of anilines is 1. The molecule has 2 aliphatic heterocycles. The van der Waals surface area contributed by atoms with Gasteiger partial charge in [0.1, 0.15) is 4.90 Å². The van der Waals surface area contributed by atoms with Gasteiger partial charge < -0.3 is 4.74 Å². The Morgan fingerprint density at radius 2 is 1.92 bits per heavy atom. The zero-order valence-corrected chi connectivity index (χ0v) is 14.7. The molecule has 4 rings (SSSR count). The molecule has 1 saturated heterocycles. The molecule has 0 spiro atoms. The van der Waals surface area contributed by atoms with Gasteiger partial charge >= 0.3 is 0 Å². The van der Waals surface area contributed by atoms with Crippen LogP contribution in [0.4, 0.5) is 5.69 Å². The van der Waals surface area contributed by atoms with E-state index in [1.807, 2.05) is 24.3 Å². The highest BCUT2D eigenvalue weighted by molar-refractivity contribution is 7.92. The summed E-state index contributed by atoms with van der Waals surface area (Å²) < 4.78 is 33.1. The number of benzene rings is 1. The molecule has 132 valence electrons. The number of morpholine rings is 1. The molecule has 1 aromatic carbocycles. The number of nitrogens with zero attached hydrogens (tertiary/aromatic N) is 3. The number of pyridine rings is 1. The fraction of sp³-hybridized carbons (Fsp3) is 0.389. The highest BCUT2D eigenvalue weighted by atomic mass is 32.2. The van der Waals surface area contributed by atoms with Crippen molar-refractivity contribution in [2.24, 2.45) is 0 Å². The van der Waals surface area contributed by atoms with Crippen molar-refractivity contribution >= 4 is 15.7 Å². The normalized spacial score (nSPS) is 21.3. The van der Waals surface area contributed by atoms with Crippen molar-refractivity contribution in [1.82, 2.24) is 9.88 Å². The summed E-state index contributed by atoms with van der Waals surface area (Å²) in [6, 6.07) is 11.1. The van der Waals surface area contributed by atoms with Gasteiger partial charge in [0.2, 0.25) is 0 Å². The first-order valence-electron chi connectivity index (χ1n) is 8.48. The van der Waals surface area contributed by atoms with Crippen LogP contribution in [0, 0.1) is 0 Å². The number of rotatable bonds is 4. The summed E-state index contributed by atoms with van der Waals surface area (Å²) in [5.41, 5.74) is 1.88. The van der Waals surface area contributed by atoms with E-state index in [-0.39, 0.29) is 10.8 Å². The Labute approximate surface area is 148 Å². The number of hydrogen-bond donors (Lipinski definition) is 0. The van der Waals surface area contributed by atoms with Gasteiger partial charge in [0.05, 0.1) is 18.9 Å². The summed E-state index contributed by atoms with van der Waals surface area (Å²) in [4.78, 5) is 6.55. The van der Waals surface area contributed by atoms with Crippen molar-refractivity contribution < 1.29 is 13.2 Å². The van der Waals surface area contributed by atoms with Gasteiger partial charge in [0, 0.05) is 44.5 Å². The Hall–Kier alpha value is -1.96. The van der Waals surface area contributed by atoms with Gasteiger partial charge in [-0.25, -0.2) is 8.42 Å². The second-order valence-corrected chi connectivity index (χ2v) is 8.26. The fourth-order valence-corrected chi connectivity index (χ4v) is 5.06. The fourth-order valence-electron chi connectivity index (χ4n) is 3.56. The van der Waals surface area contributed by atoms with E-state index in [2.05, 4.69) is 9.88 Å². The molecule has 7 heteroatoms. The van der Waals surface area contributed by atoms with Crippen molar-refractivity contribution in [3.8, 4) is 0 Å². The molecular formula is C18H21N3O3S. The first kappa shape index (κ1) is 16.5. The molecule has 0 saturated carbocycles. The van der Waals surface area contributed by atoms with E-state index < -0.39 is 10.0 Å². The molecule has 0 bridgehead atoms. The lowest BCUT2D eigenvalue weighted by Gasteiger charge is -2.29. The maximum Gasteiger partial charge on any atom is 0.265 e. The molecule has 6 nitrogen and oxygen atoms in total. The highest BCUT2D eigenvalue weighted by Crippen LogP contribution is 2.39. The van der Waals surface area contributed by atoms with Crippen molar-refractivity contribution in [2.75, 3.05) is 43.7 Å². The Balaban J connectivity index is 1.64. The van der Waals surface area contributed by atoms with Crippen LogP contribution in [0.1, 0.15) is 11.5 Å². The molecule has 3 heterocycles. The average Bonchev–Trinajstić information content (AvgIpc) is 3.03. The molecule has 2 aliphatic rings. The zero-order valence-electron chi connectivity index (χ0n) is 13.9. The molecule has 1 aromatic heterocycles. The second kappa shape index (κ2) is 6.74. The predicted molar refractivity (Wildman–Crippen MR) is 95.2 cm³/mol. The molecule has 0 radical (unpaired) electrons. The van der Waals surface area contributed by atoms with E-state index in [1.54, 1.807) is 18.3 Å². The third-order valence-corrected chi connectivity index (χ3v) is 6.60. The predicted octanol–water partition coefficient (Wildman–Crippen LogP) is 1.71. The maximum atomic E-state index is 13.1. The first-order valence-corrected chi connectivity index (χ1v) is 9.92. The summed E-state index contributed by atoms with van der Waals surface area (Å²) in [5.74, 6) is 0.167. The number of ether oxygens (including phenoxy) is 1. The monoisotopic (exact) mass is 359 g/mol. The molecule has 25 heavy (non-hydrogen) atoms. The molecule has 0 amide bonds.